The largest absolute Gasteiger partial charge is 0.416 e. The highest BCUT2D eigenvalue weighted by molar-refractivity contribution is 5.81. The van der Waals surface area contributed by atoms with Gasteiger partial charge in [-0.2, -0.15) is 13.2 Å². The van der Waals surface area contributed by atoms with E-state index < -0.39 is 11.7 Å². The Hall–Kier alpha value is -1.52. The maximum Gasteiger partial charge on any atom is 0.416 e. The molecule has 2 rings (SSSR count). The Kier molecular flexibility index (Phi) is 1.55. The van der Waals surface area contributed by atoms with Crippen molar-refractivity contribution in [2.45, 2.75) is 6.18 Å². The summed E-state index contributed by atoms with van der Waals surface area (Å²) in [6, 6.07) is 3.30. The van der Waals surface area contributed by atoms with Crippen LogP contribution in [-0.2, 0) is 6.18 Å². The smallest absolute Gasteiger partial charge is 0.235 e. The van der Waals surface area contributed by atoms with Gasteiger partial charge in [-0.15, -0.1) is 0 Å². The Morgan fingerprint density at radius 3 is 2.54 bits per heavy atom. The maximum atomic E-state index is 12.2. The Bertz CT molecular complexity index is 368. The molecule has 0 spiro atoms. The fraction of sp³-hybridized carbons (Fsp3) is 0.125. The Morgan fingerprint density at radius 1 is 1.08 bits per heavy atom. The van der Waals surface area contributed by atoms with Gasteiger partial charge < -0.3 is 0 Å². The summed E-state index contributed by atoms with van der Waals surface area (Å²) in [6.07, 6.45) is -3.07. The van der Waals surface area contributed by atoms with E-state index in [-0.39, 0.29) is 5.69 Å². The quantitative estimate of drug-likeness (QED) is 0.594. The molecule has 0 saturated heterocycles. The SMILES string of the molecule is FC(F)(F)c1ccc2c(c1)[N]C=N2. The fourth-order valence-electron chi connectivity index (χ4n) is 1.07. The number of hydrogen-bond acceptors (Lipinski definition) is 1. The minimum Gasteiger partial charge on any atom is -0.235 e. The topological polar surface area (TPSA) is 26.5 Å². The number of halogens is 3. The summed E-state index contributed by atoms with van der Waals surface area (Å²) in [5, 5.41) is 3.68. The summed E-state index contributed by atoms with van der Waals surface area (Å²) in [7, 11) is 0. The average Bonchev–Trinajstić information content (AvgIpc) is 2.47. The van der Waals surface area contributed by atoms with Crippen LogP contribution in [0.3, 0.4) is 0 Å². The molecule has 0 bridgehead atoms. The van der Waals surface area contributed by atoms with Crippen molar-refractivity contribution in [1.82, 2.24) is 5.32 Å². The van der Waals surface area contributed by atoms with Crippen molar-refractivity contribution in [3.63, 3.8) is 0 Å². The maximum absolute atomic E-state index is 12.2. The molecule has 1 radical (unpaired) electrons. The first-order valence-corrected chi connectivity index (χ1v) is 3.52. The fourth-order valence-corrected chi connectivity index (χ4v) is 1.07. The van der Waals surface area contributed by atoms with E-state index in [2.05, 4.69) is 10.3 Å². The first-order chi connectivity index (χ1) is 6.07. The van der Waals surface area contributed by atoms with E-state index in [4.69, 9.17) is 0 Å². The van der Waals surface area contributed by atoms with E-state index in [0.29, 0.717) is 5.69 Å². The summed E-state index contributed by atoms with van der Waals surface area (Å²) in [5.41, 5.74) is 0.0586. The minimum absolute atomic E-state index is 0.273. The highest BCUT2D eigenvalue weighted by Gasteiger charge is 2.31. The molecule has 0 fully saturated rings. The lowest BCUT2D eigenvalue weighted by Crippen LogP contribution is -2.04. The lowest BCUT2D eigenvalue weighted by Gasteiger charge is -2.06. The Balaban J connectivity index is 2.45. The van der Waals surface area contributed by atoms with E-state index in [0.717, 1.165) is 12.1 Å². The van der Waals surface area contributed by atoms with Gasteiger partial charge in [-0.05, 0) is 18.2 Å². The van der Waals surface area contributed by atoms with Crippen LogP contribution in [0.5, 0.6) is 0 Å². The molecule has 1 aliphatic rings. The number of benzene rings is 1. The molecule has 67 valence electrons. The summed E-state index contributed by atoms with van der Waals surface area (Å²) in [6.45, 7) is 0. The Labute approximate surface area is 72.1 Å². The van der Waals surface area contributed by atoms with Crippen LogP contribution in [-0.4, -0.2) is 6.34 Å². The third-order valence-corrected chi connectivity index (χ3v) is 1.70. The Morgan fingerprint density at radius 2 is 1.85 bits per heavy atom. The zero-order chi connectivity index (χ0) is 9.47. The van der Waals surface area contributed by atoms with Crippen molar-refractivity contribution in [2.24, 2.45) is 4.99 Å². The van der Waals surface area contributed by atoms with E-state index in [1.165, 1.54) is 12.4 Å². The lowest BCUT2D eigenvalue weighted by atomic mass is 10.2. The second-order valence-corrected chi connectivity index (χ2v) is 2.57. The van der Waals surface area contributed by atoms with Crippen LogP contribution < -0.4 is 5.32 Å². The second-order valence-electron chi connectivity index (χ2n) is 2.57. The molecule has 5 heteroatoms. The van der Waals surface area contributed by atoms with Crippen molar-refractivity contribution in [2.75, 3.05) is 0 Å². The lowest BCUT2D eigenvalue weighted by molar-refractivity contribution is -0.137. The first-order valence-electron chi connectivity index (χ1n) is 3.52. The number of aliphatic imine (C=N–C) groups is 1. The van der Waals surface area contributed by atoms with Gasteiger partial charge in [0.05, 0.1) is 16.9 Å². The van der Waals surface area contributed by atoms with Gasteiger partial charge in [0.1, 0.15) is 6.34 Å². The number of nitrogens with zero attached hydrogens (tertiary/aromatic N) is 2. The molecule has 1 aromatic rings. The molecule has 0 aromatic heterocycles. The van der Waals surface area contributed by atoms with Crippen LogP contribution in [0.4, 0.5) is 24.5 Å². The molecular formula is C8H4F3N2. The first kappa shape index (κ1) is 8.10. The number of alkyl halides is 3. The van der Waals surface area contributed by atoms with Gasteiger partial charge >= 0.3 is 6.18 Å². The van der Waals surface area contributed by atoms with Gasteiger partial charge in [0.25, 0.3) is 0 Å². The summed E-state index contributed by atoms with van der Waals surface area (Å²) >= 11 is 0. The van der Waals surface area contributed by atoms with E-state index in [1.807, 2.05) is 0 Å². The van der Waals surface area contributed by atoms with Crippen LogP contribution in [0, 0.1) is 0 Å². The predicted octanol–water partition coefficient (Wildman–Crippen LogP) is 2.61. The molecule has 0 N–H and O–H groups in total. The molecule has 0 unspecified atom stereocenters. The zero-order valence-corrected chi connectivity index (χ0v) is 6.34. The highest BCUT2D eigenvalue weighted by atomic mass is 19.4. The van der Waals surface area contributed by atoms with Gasteiger partial charge in [-0.1, -0.05) is 0 Å². The van der Waals surface area contributed by atoms with Crippen molar-refractivity contribution >= 4 is 17.7 Å². The van der Waals surface area contributed by atoms with Gasteiger partial charge in [-0.25, -0.2) is 10.3 Å². The molecule has 0 aliphatic carbocycles. The molecule has 2 nitrogen and oxygen atoms in total. The highest BCUT2D eigenvalue weighted by Crippen LogP contribution is 2.36. The van der Waals surface area contributed by atoms with Crippen molar-refractivity contribution in [3.8, 4) is 0 Å². The molecule has 0 amide bonds. The standard InChI is InChI=1S/C8H4F3N2/c9-8(10,11)5-1-2-6-7(3-5)13-4-12-6/h1-4H. The summed E-state index contributed by atoms with van der Waals surface area (Å²) in [4.78, 5) is 3.76. The zero-order valence-electron chi connectivity index (χ0n) is 6.34. The van der Waals surface area contributed by atoms with Gasteiger partial charge in [-0.3, -0.25) is 0 Å². The average molecular weight is 185 g/mol. The van der Waals surface area contributed by atoms with Crippen LogP contribution in [0.2, 0.25) is 0 Å². The molecular weight excluding hydrogens is 181 g/mol. The molecule has 0 saturated carbocycles. The van der Waals surface area contributed by atoms with Crippen molar-refractivity contribution in [3.05, 3.63) is 23.8 Å². The van der Waals surface area contributed by atoms with Crippen molar-refractivity contribution in [1.29, 1.82) is 0 Å². The molecule has 1 aliphatic heterocycles. The monoisotopic (exact) mass is 185 g/mol. The van der Waals surface area contributed by atoms with E-state index in [1.54, 1.807) is 0 Å². The number of hydrogen-bond donors (Lipinski definition) is 0. The normalized spacial score (nSPS) is 14.1. The summed E-state index contributed by atoms with van der Waals surface area (Å²) in [5.74, 6) is 0. The van der Waals surface area contributed by atoms with Crippen LogP contribution >= 0.6 is 0 Å². The van der Waals surface area contributed by atoms with Gasteiger partial charge in [0, 0.05) is 0 Å². The third kappa shape index (κ3) is 1.37. The molecule has 0 atom stereocenters. The number of rotatable bonds is 0. The molecule has 1 heterocycles. The van der Waals surface area contributed by atoms with Gasteiger partial charge in [0.2, 0.25) is 0 Å². The molecule has 1 aromatic carbocycles. The van der Waals surface area contributed by atoms with E-state index >= 15 is 0 Å². The minimum atomic E-state index is -4.31. The second kappa shape index (κ2) is 2.48. The summed E-state index contributed by atoms with van der Waals surface area (Å²) < 4.78 is 36.5. The third-order valence-electron chi connectivity index (χ3n) is 1.70. The molecule has 13 heavy (non-hydrogen) atoms. The van der Waals surface area contributed by atoms with Crippen LogP contribution in [0.25, 0.3) is 0 Å². The van der Waals surface area contributed by atoms with E-state index in [9.17, 15) is 13.2 Å². The van der Waals surface area contributed by atoms with Gasteiger partial charge in [0.15, 0.2) is 0 Å². The van der Waals surface area contributed by atoms with Crippen LogP contribution in [0.1, 0.15) is 5.56 Å². The van der Waals surface area contributed by atoms with Crippen molar-refractivity contribution < 1.29 is 13.2 Å². The van der Waals surface area contributed by atoms with Crippen LogP contribution in [0.15, 0.2) is 23.2 Å². The number of fused-ring (bicyclic) bond motifs is 1. The predicted molar refractivity (Wildman–Crippen MR) is 41.4 cm³/mol.